The minimum atomic E-state index is -1.82. The molecule has 4 rings (SSSR count). The highest BCUT2D eigenvalue weighted by molar-refractivity contribution is 6.27. The molecule has 1 aliphatic heterocycles. The number of aromatic nitrogens is 1. The zero-order chi connectivity index (χ0) is 27.5. The summed E-state index contributed by atoms with van der Waals surface area (Å²) in [7, 11) is 0. The lowest BCUT2D eigenvalue weighted by Gasteiger charge is -2.35. The van der Waals surface area contributed by atoms with Crippen molar-refractivity contribution >= 4 is 17.8 Å². The second-order valence-corrected chi connectivity index (χ2v) is 8.72. The fourth-order valence-corrected chi connectivity index (χ4v) is 4.35. The van der Waals surface area contributed by atoms with E-state index in [4.69, 9.17) is 19.8 Å². The minimum Gasteiger partial charge on any atom is -0.473 e. The predicted molar refractivity (Wildman–Crippen MR) is 137 cm³/mol. The summed E-state index contributed by atoms with van der Waals surface area (Å²) < 4.78 is 26.8. The van der Waals surface area contributed by atoms with Crippen molar-refractivity contribution in [3.05, 3.63) is 95.2 Å². The number of carbonyl (C=O) groups is 2. The van der Waals surface area contributed by atoms with Crippen molar-refractivity contribution in [2.45, 2.75) is 18.8 Å². The van der Waals surface area contributed by atoms with E-state index in [1.807, 2.05) is 24.3 Å². The van der Waals surface area contributed by atoms with Crippen LogP contribution in [0, 0.1) is 23.0 Å². The van der Waals surface area contributed by atoms with E-state index in [2.05, 4.69) is 20.9 Å². The molecule has 10 heteroatoms. The van der Waals surface area contributed by atoms with E-state index in [9.17, 15) is 14.0 Å². The first-order chi connectivity index (χ1) is 18.3. The molecule has 1 fully saturated rings. The number of pyridine rings is 1. The van der Waals surface area contributed by atoms with Crippen LogP contribution in [0.3, 0.4) is 0 Å². The first-order valence-corrected chi connectivity index (χ1v) is 12.1. The van der Waals surface area contributed by atoms with Gasteiger partial charge in [-0.25, -0.2) is 23.4 Å². The summed E-state index contributed by atoms with van der Waals surface area (Å²) >= 11 is 0. The molecule has 0 spiro atoms. The van der Waals surface area contributed by atoms with Crippen LogP contribution < -0.4 is 4.90 Å². The lowest BCUT2D eigenvalue weighted by Crippen LogP contribution is -2.47. The third-order valence-corrected chi connectivity index (χ3v) is 6.27. The van der Waals surface area contributed by atoms with Crippen molar-refractivity contribution < 1.29 is 28.6 Å². The normalized spacial score (nSPS) is 13.4. The molecule has 0 unspecified atom stereocenters. The number of anilines is 1. The summed E-state index contributed by atoms with van der Waals surface area (Å²) in [4.78, 5) is 27.2. The molecule has 3 aromatic rings. The molecule has 0 saturated carbocycles. The van der Waals surface area contributed by atoms with E-state index >= 15 is 0 Å². The Balaban J connectivity index is 0.000000599. The number of nitrogens with zero attached hydrogens (tertiary/aromatic N) is 4. The van der Waals surface area contributed by atoms with Crippen LogP contribution >= 0.6 is 0 Å². The van der Waals surface area contributed by atoms with E-state index in [0.717, 1.165) is 62.5 Å². The van der Waals surface area contributed by atoms with Crippen LogP contribution in [0.5, 0.6) is 0 Å². The molecular formula is C28H28F2N4O4. The fourth-order valence-electron chi connectivity index (χ4n) is 4.35. The van der Waals surface area contributed by atoms with Crippen LogP contribution in [0.25, 0.3) is 0 Å². The molecule has 38 heavy (non-hydrogen) atoms. The van der Waals surface area contributed by atoms with Gasteiger partial charge in [-0.1, -0.05) is 24.3 Å². The van der Waals surface area contributed by atoms with E-state index in [-0.39, 0.29) is 17.6 Å². The first kappa shape index (κ1) is 28.2. The fraction of sp³-hybridized carbons (Fsp3) is 0.286. The molecule has 0 atom stereocenters. The molecule has 2 aromatic carbocycles. The van der Waals surface area contributed by atoms with Crippen molar-refractivity contribution in [3.8, 4) is 6.07 Å². The second kappa shape index (κ2) is 13.8. The SMILES string of the molecule is N#Cc1cccnc1N1CCN(CCCC(c2ccc(F)cc2)c2ccc(F)cc2)CC1.O=C(O)C(=O)O. The van der Waals surface area contributed by atoms with Crippen LogP contribution in [0.15, 0.2) is 66.9 Å². The number of carboxylic acids is 2. The molecule has 0 radical (unpaired) electrons. The van der Waals surface area contributed by atoms with Gasteiger partial charge >= 0.3 is 11.9 Å². The second-order valence-electron chi connectivity index (χ2n) is 8.72. The minimum absolute atomic E-state index is 0.101. The van der Waals surface area contributed by atoms with Crippen molar-refractivity contribution in [2.75, 3.05) is 37.6 Å². The molecule has 0 amide bonds. The number of hydrogen-bond acceptors (Lipinski definition) is 6. The summed E-state index contributed by atoms with van der Waals surface area (Å²) in [6.07, 6.45) is 3.61. The van der Waals surface area contributed by atoms with Crippen molar-refractivity contribution in [1.29, 1.82) is 5.26 Å². The quantitative estimate of drug-likeness (QED) is 0.445. The molecule has 1 aliphatic rings. The Morgan fingerprint density at radius 2 is 1.42 bits per heavy atom. The Morgan fingerprint density at radius 3 is 1.89 bits per heavy atom. The highest BCUT2D eigenvalue weighted by atomic mass is 19.1. The predicted octanol–water partition coefficient (Wildman–Crippen LogP) is 4.12. The van der Waals surface area contributed by atoms with Crippen molar-refractivity contribution in [3.63, 3.8) is 0 Å². The number of halogens is 2. The van der Waals surface area contributed by atoms with Gasteiger partial charge in [0.05, 0.1) is 5.56 Å². The number of piperazine rings is 1. The molecule has 0 aliphatic carbocycles. The summed E-state index contributed by atoms with van der Waals surface area (Å²) in [5.41, 5.74) is 2.70. The Labute approximate surface area is 219 Å². The number of benzene rings is 2. The third-order valence-electron chi connectivity index (χ3n) is 6.27. The van der Waals surface area contributed by atoms with Gasteiger partial charge in [-0.3, -0.25) is 4.90 Å². The summed E-state index contributed by atoms with van der Waals surface area (Å²) in [6.45, 7) is 4.47. The zero-order valence-corrected chi connectivity index (χ0v) is 20.6. The smallest absolute Gasteiger partial charge is 0.414 e. The number of rotatable bonds is 7. The Bertz CT molecular complexity index is 1200. The van der Waals surface area contributed by atoms with E-state index in [1.54, 1.807) is 18.3 Å². The van der Waals surface area contributed by atoms with Gasteiger partial charge in [-0.2, -0.15) is 5.26 Å². The first-order valence-electron chi connectivity index (χ1n) is 12.1. The van der Waals surface area contributed by atoms with Gasteiger partial charge in [0.15, 0.2) is 0 Å². The summed E-state index contributed by atoms with van der Waals surface area (Å²) in [5, 5.41) is 24.1. The van der Waals surface area contributed by atoms with Crippen LogP contribution in [-0.2, 0) is 9.59 Å². The van der Waals surface area contributed by atoms with Gasteiger partial charge in [0.25, 0.3) is 0 Å². The number of aliphatic carboxylic acids is 2. The standard InChI is InChI=1S/C26H26F2N4.C2H2O4/c27-23-9-5-20(6-10-23)25(21-7-11-24(28)12-8-21)4-2-14-31-15-17-32(18-16-31)26-22(19-29)3-1-13-30-26;3-1(4)2(5)6/h1,3,5-13,25H,2,4,14-18H2;(H,3,4)(H,5,6). The van der Waals surface area contributed by atoms with Gasteiger partial charge in [-0.05, 0) is 66.9 Å². The maximum absolute atomic E-state index is 13.4. The van der Waals surface area contributed by atoms with Gasteiger partial charge in [0.2, 0.25) is 0 Å². The molecule has 2 heterocycles. The highest BCUT2D eigenvalue weighted by Crippen LogP contribution is 2.30. The van der Waals surface area contributed by atoms with Gasteiger partial charge in [0, 0.05) is 38.3 Å². The lowest BCUT2D eigenvalue weighted by molar-refractivity contribution is -0.159. The maximum atomic E-state index is 13.4. The van der Waals surface area contributed by atoms with Crippen LogP contribution in [0.2, 0.25) is 0 Å². The van der Waals surface area contributed by atoms with E-state index < -0.39 is 11.9 Å². The topological polar surface area (TPSA) is 118 Å². The number of carboxylic acid groups (broad SMARTS) is 2. The molecule has 198 valence electrons. The maximum Gasteiger partial charge on any atom is 0.414 e. The van der Waals surface area contributed by atoms with Crippen molar-refractivity contribution in [2.24, 2.45) is 0 Å². The average Bonchev–Trinajstić information content (AvgIpc) is 2.93. The summed E-state index contributed by atoms with van der Waals surface area (Å²) in [5.74, 6) is -3.29. The van der Waals surface area contributed by atoms with Crippen LogP contribution in [-0.4, -0.2) is 64.8 Å². The molecule has 1 aromatic heterocycles. The van der Waals surface area contributed by atoms with Crippen LogP contribution in [0.4, 0.5) is 14.6 Å². The molecule has 0 bridgehead atoms. The monoisotopic (exact) mass is 522 g/mol. The van der Waals surface area contributed by atoms with Gasteiger partial charge in [0.1, 0.15) is 23.5 Å². The average molecular weight is 523 g/mol. The molecule has 8 nitrogen and oxygen atoms in total. The zero-order valence-electron chi connectivity index (χ0n) is 20.6. The Hall–Kier alpha value is -4.36. The Morgan fingerprint density at radius 1 is 0.895 bits per heavy atom. The highest BCUT2D eigenvalue weighted by Gasteiger charge is 2.21. The number of hydrogen-bond donors (Lipinski definition) is 2. The van der Waals surface area contributed by atoms with E-state index in [1.165, 1.54) is 24.3 Å². The van der Waals surface area contributed by atoms with E-state index in [0.29, 0.717) is 5.56 Å². The Kier molecular flexibility index (Phi) is 10.3. The molecule has 1 saturated heterocycles. The van der Waals surface area contributed by atoms with Crippen LogP contribution in [0.1, 0.15) is 35.4 Å². The van der Waals surface area contributed by atoms with Gasteiger partial charge < -0.3 is 15.1 Å². The van der Waals surface area contributed by atoms with Gasteiger partial charge in [-0.15, -0.1) is 0 Å². The largest absolute Gasteiger partial charge is 0.473 e. The number of nitriles is 1. The third kappa shape index (κ3) is 8.08. The lowest BCUT2D eigenvalue weighted by atomic mass is 9.87. The summed E-state index contributed by atoms with van der Waals surface area (Å²) in [6, 6.07) is 19.0. The molecule has 2 N–H and O–H groups in total. The molecular weight excluding hydrogens is 494 g/mol. The van der Waals surface area contributed by atoms with Crippen molar-refractivity contribution in [1.82, 2.24) is 9.88 Å².